The molecule has 1 aliphatic heterocycles. The van der Waals surface area contributed by atoms with Crippen LogP contribution in [0.1, 0.15) is 50.0 Å². The Morgan fingerprint density at radius 2 is 1.94 bits per heavy atom. The molecule has 0 unspecified atom stereocenters. The van der Waals surface area contributed by atoms with E-state index in [-0.39, 0.29) is 22.9 Å². The van der Waals surface area contributed by atoms with Crippen molar-refractivity contribution in [3.05, 3.63) is 41.3 Å². The molecule has 3 aromatic rings. The van der Waals surface area contributed by atoms with Crippen LogP contribution < -0.4 is 15.4 Å². The largest absolute Gasteiger partial charge is 0.351 e. The van der Waals surface area contributed by atoms with Crippen LogP contribution in [-0.2, 0) is 10.0 Å². The monoisotopic (exact) mass is 516 g/mol. The number of nitrogens with one attached hydrogen (secondary N) is 3. The van der Waals surface area contributed by atoms with E-state index in [0.717, 1.165) is 48.7 Å². The first-order valence-corrected chi connectivity index (χ1v) is 14.5. The highest BCUT2D eigenvalue weighted by Gasteiger charge is 2.27. The first kappa shape index (κ1) is 24.1. The van der Waals surface area contributed by atoms with Crippen molar-refractivity contribution in [3.8, 4) is 21.8 Å². The lowest BCUT2D eigenvalue weighted by atomic mass is 9.99. The topological polar surface area (TPSA) is 109 Å². The molecule has 1 saturated heterocycles. The van der Waals surface area contributed by atoms with Gasteiger partial charge in [-0.25, -0.2) is 27.8 Å². The zero-order valence-electron chi connectivity index (χ0n) is 19.6. The molecule has 1 aliphatic carbocycles. The molecule has 0 amide bonds. The Labute approximate surface area is 208 Å². The molecule has 186 valence electrons. The van der Waals surface area contributed by atoms with Crippen LogP contribution in [0.5, 0.6) is 0 Å². The third-order valence-electron chi connectivity index (χ3n) is 6.12. The van der Waals surface area contributed by atoms with Gasteiger partial charge in [-0.1, -0.05) is 13.0 Å². The third kappa shape index (κ3) is 5.62. The highest BCUT2D eigenvalue weighted by Crippen LogP contribution is 2.42. The first-order chi connectivity index (χ1) is 16.9. The van der Waals surface area contributed by atoms with Gasteiger partial charge in [-0.15, -0.1) is 11.3 Å². The maximum atomic E-state index is 15.7. The number of sulfonamides is 1. The number of rotatable bonds is 9. The van der Waals surface area contributed by atoms with Gasteiger partial charge in [0.25, 0.3) is 0 Å². The summed E-state index contributed by atoms with van der Waals surface area (Å²) in [6.07, 6.45) is 6.27. The molecule has 1 aromatic carbocycles. The average Bonchev–Trinajstić information content (AvgIpc) is 3.55. The van der Waals surface area contributed by atoms with E-state index in [1.165, 1.54) is 17.4 Å². The van der Waals surface area contributed by atoms with E-state index in [1.54, 1.807) is 25.3 Å². The third-order valence-corrected chi connectivity index (χ3v) is 8.84. The van der Waals surface area contributed by atoms with E-state index in [4.69, 9.17) is 9.97 Å². The minimum atomic E-state index is -3.64. The normalized spacial score (nSPS) is 16.9. The SMILES string of the molecule is CCCS(=O)(=O)Nc1cccc(-c2nc(C3CCNCC3)sc2-c2ccnc(NC3CC3)n2)c1F. The van der Waals surface area contributed by atoms with Gasteiger partial charge in [-0.2, -0.15) is 0 Å². The van der Waals surface area contributed by atoms with Gasteiger partial charge in [0.15, 0.2) is 5.82 Å². The van der Waals surface area contributed by atoms with Crippen LogP contribution in [0, 0.1) is 5.82 Å². The van der Waals surface area contributed by atoms with Crippen molar-refractivity contribution in [2.24, 2.45) is 0 Å². The second-order valence-corrected chi connectivity index (χ2v) is 11.9. The van der Waals surface area contributed by atoms with E-state index < -0.39 is 15.8 Å². The molecular weight excluding hydrogens is 487 g/mol. The molecule has 8 nitrogen and oxygen atoms in total. The second-order valence-electron chi connectivity index (χ2n) is 9.03. The molecule has 11 heteroatoms. The summed E-state index contributed by atoms with van der Waals surface area (Å²) < 4.78 is 42.7. The van der Waals surface area contributed by atoms with Crippen LogP contribution >= 0.6 is 11.3 Å². The maximum absolute atomic E-state index is 15.7. The molecule has 1 saturated carbocycles. The van der Waals surface area contributed by atoms with E-state index in [0.29, 0.717) is 29.8 Å². The fourth-order valence-corrected chi connectivity index (χ4v) is 6.53. The summed E-state index contributed by atoms with van der Waals surface area (Å²) in [6, 6.07) is 6.95. The Hall–Kier alpha value is -2.63. The predicted octanol–water partition coefficient (Wildman–Crippen LogP) is 4.60. The van der Waals surface area contributed by atoms with Crippen molar-refractivity contribution < 1.29 is 12.8 Å². The average molecular weight is 517 g/mol. The van der Waals surface area contributed by atoms with Gasteiger partial charge in [0.05, 0.1) is 32.7 Å². The lowest BCUT2D eigenvalue weighted by Gasteiger charge is -2.20. The summed E-state index contributed by atoms with van der Waals surface area (Å²) in [7, 11) is -3.64. The number of halogens is 1. The zero-order valence-corrected chi connectivity index (χ0v) is 21.2. The molecule has 3 N–H and O–H groups in total. The number of nitrogens with zero attached hydrogens (tertiary/aromatic N) is 3. The second kappa shape index (κ2) is 10.2. The van der Waals surface area contributed by atoms with Crippen LogP contribution in [0.25, 0.3) is 21.8 Å². The van der Waals surface area contributed by atoms with E-state index >= 15 is 4.39 Å². The smallest absolute Gasteiger partial charge is 0.232 e. The van der Waals surface area contributed by atoms with E-state index in [9.17, 15) is 8.42 Å². The van der Waals surface area contributed by atoms with E-state index in [2.05, 4.69) is 20.3 Å². The lowest BCUT2D eigenvalue weighted by Crippen LogP contribution is -2.26. The Bertz CT molecular complexity index is 1300. The summed E-state index contributed by atoms with van der Waals surface area (Å²) >= 11 is 1.53. The van der Waals surface area contributed by atoms with Crippen LogP contribution in [0.4, 0.5) is 16.0 Å². The van der Waals surface area contributed by atoms with Crippen molar-refractivity contribution in [3.63, 3.8) is 0 Å². The summed E-state index contributed by atoms with van der Waals surface area (Å²) in [6.45, 7) is 3.60. The standard InChI is InChI=1S/C24H29FN6O2S2/c1-2-14-35(32,33)31-18-5-3-4-17(20(18)25)21-22(34-23(30-21)15-8-11-26-12-9-15)19-10-13-27-24(29-19)28-16-6-7-16/h3-5,10,13,15-16,26,31H,2,6-9,11-12,14H2,1H3,(H,27,28,29). The number of hydrogen-bond acceptors (Lipinski definition) is 8. The quantitative estimate of drug-likeness (QED) is 0.381. The number of thiazole rings is 1. The van der Waals surface area contributed by atoms with Crippen LogP contribution in [0.2, 0.25) is 0 Å². The fourth-order valence-electron chi connectivity index (χ4n) is 4.18. The van der Waals surface area contributed by atoms with Crippen molar-refractivity contribution in [1.82, 2.24) is 20.3 Å². The maximum Gasteiger partial charge on any atom is 0.232 e. The molecular formula is C24H29FN6O2S2. The van der Waals surface area contributed by atoms with Gasteiger partial charge >= 0.3 is 0 Å². The Morgan fingerprint density at radius 3 is 2.69 bits per heavy atom. The summed E-state index contributed by atoms with van der Waals surface area (Å²) in [5, 5.41) is 7.64. The van der Waals surface area contributed by atoms with Gasteiger partial charge in [-0.05, 0) is 63.4 Å². The van der Waals surface area contributed by atoms with Crippen molar-refractivity contribution in [2.45, 2.75) is 51.0 Å². The Kier molecular flexibility index (Phi) is 6.99. The zero-order chi connectivity index (χ0) is 24.4. The van der Waals surface area contributed by atoms with Crippen molar-refractivity contribution in [2.75, 3.05) is 28.9 Å². The summed E-state index contributed by atoms with van der Waals surface area (Å²) in [5.74, 6) is 0.125. The van der Waals surface area contributed by atoms with Crippen LogP contribution in [-0.4, -0.2) is 48.3 Å². The van der Waals surface area contributed by atoms with Gasteiger partial charge in [0.2, 0.25) is 16.0 Å². The highest BCUT2D eigenvalue weighted by atomic mass is 32.2. The van der Waals surface area contributed by atoms with Gasteiger partial charge < -0.3 is 10.6 Å². The molecule has 3 heterocycles. The van der Waals surface area contributed by atoms with Crippen molar-refractivity contribution >= 4 is 33.0 Å². The van der Waals surface area contributed by atoms with Crippen molar-refractivity contribution in [1.29, 1.82) is 0 Å². The molecule has 0 bridgehead atoms. The molecule has 35 heavy (non-hydrogen) atoms. The van der Waals surface area contributed by atoms with E-state index in [1.807, 2.05) is 6.07 Å². The number of anilines is 2. The number of aromatic nitrogens is 3. The molecule has 0 spiro atoms. The number of piperidine rings is 1. The fraction of sp³-hybridized carbons (Fsp3) is 0.458. The highest BCUT2D eigenvalue weighted by molar-refractivity contribution is 7.92. The summed E-state index contributed by atoms with van der Waals surface area (Å²) in [5.41, 5.74) is 1.33. The molecule has 2 aromatic heterocycles. The Morgan fingerprint density at radius 1 is 1.14 bits per heavy atom. The molecule has 2 aliphatic rings. The molecule has 0 radical (unpaired) electrons. The molecule has 5 rings (SSSR count). The number of hydrogen-bond donors (Lipinski definition) is 3. The number of benzene rings is 1. The van der Waals surface area contributed by atoms with Gasteiger partial charge in [0, 0.05) is 23.7 Å². The molecule has 2 fully saturated rings. The van der Waals surface area contributed by atoms with Gasteiger partial charge in [-0.3, -0.25) is 4.72 Å². The minimum Gasteiger partial charge on any atom is -0.351 e. The van der Waals surface area contributed by atoms with Crippen LogP contribution in [0.15, 0.2) is 30.5 Å². The minimum absolute atomic E-state index is 0.0721. The Balaban J connectivity index is 1.57. The van der Waals surface area contributed by atoms with Gasteiger partial charge in [0.1, 0.15) is 0 Å². The first-order valence-electron chi connectivity index (χ1n) is 12.0. The van der Waals surface area contributed by atoms with Crippen LogP contribution in [0.3, 0.4) is 0 Å². The molecule has 0 atom stereocenters. The lowest BCUT2D eigenvalue weighted by molar-refractivity contribution is 0.459. The summed E-state index contributed by atoms with van der Waals surface area (Å²) in [4.78, 5) is 14.7. The predicted molar refractivity (Wildman–Crippen MR) is 138 cm³/mol.